The summed E-state index contributed by atoms with van der Waals surface area (Å²) >= 11 is 0. The molecule has 0 aliphatic carbocycles. The van der Waals surface area contributed by atoms with E-state index in [1.807, 2.05) is 29.2 Å². The first kappa shape index (κ1) is 24.7. The fourth-order valence-corrected chi connectivity index (χ4v) is 3.63. The highest BCUT2D eigenvalue weighted by Crippen LogP contribution is 2.24. The first-order valence-electron chi connectivity index (χ1n) is 10.7. The molecule has 1 saturated heterocycles. The number of esters is 3. The van der Waals surface area contributed by atoms with E-state index in [0.717, 1.165) is 30.6 Å². The molecule has 2 unspecified atom stereocenters. The van der Waals surface area contributed by atoms with Gasteiger partial charge in [0, 0.05) is 40.4 Å². The Bertz CT molecular complexity index is 708. The zero-order valence-electron chi connectivity index (χ0n) is 18.8. The first-order valence-corrected chi connectivity index (χ1v) is 10.7. The second kappa shape index (κ2) is 12.3. The molecule has 8 heteroatoms. The summed E-state index contributed by atoms with van der Waals surface area (Å²) in [5, 5.41) is 0. The predicted molar refractivity (Wildman–Crippen MR) is 113 cm³/mol. The van der Waals surface area contributed by atoms with Gasteiger partial charge in [0.25, 0.3) is 0 Å². The van der Waals surface area contributed by atoms with E-state index in [1.54, 1.807) is 0 Å². The number of carbonyl (C=O) groups is 3. The van der Waals surface area contributed by atoms with Gasteiger partial charge in [0.1, 0.15) is 5.75 Å². The van der Waals surface area contributed by atoms with Gasteiger partial charge in [-0.1, -0.05) is 31.9 Å². The highest BCUT2D eigenvalue weighted by atomic mass is 16.6. The molecule has 0 N–H and O–H groups in total. The summed E-state index contributed by atoms with van der Waals surface area (Å²) in [5.74, 6) is -0.684. The van der Waals surface area contributed by atoms with Crippen LogP contribution >= 0.6 is 0 Å². The highest BCUT2D eigenvalue weighted by molar-refractivity contribution is 5.68. The molecule has 1 aliphatic rings. The smallest absolute Gasteiger partial charge is 0.303 e. The highest BCUT2D eigenvalue weighted by Gasteiger charge is 2.43. The summed E-state index contributed by atoms with van der Waals surface area (Å²) in [6.45, 7) is 7.97. The number of ether oxygens (including phenoxy) is 4. The van der Waals surface area contributed by atoms with Crippen LogP contribution in [0.3, 0.4) is 0 Å². The fourth-order valence-electron chi connectivity index (χ4n) is 3.63. The lowest BCUT2D eigenvalue weighted by Crippen LogP contribution is -2.58. The lowest BCUT2D eigenvalue weighted by atomic mass is 10.00. The van der Waals surface area contributed by atoms with E-state index in [9.17, 15) is 14.4 Å². The fraction of sp³-hybridized carbons (Fsp3) is 0.609. The van der Waals surface area contributed by atoms with E-state index < -0.39 is 36.2 Å². The second-order valence-corrected chi connectivity index (χ2v) is 7.76. The average Bonchev–Trinajstić information content (AvgIpc) is 2.68. The van der Waals surface area contributed by atoms with Gasteiger partial charge in [-0.25, -0.2) is 0 Å². The molecule has 0 aromatic heterocycles. The lowest BCUT2D eigenvalue weighted by Gasteiger charge is -2.41. The first-order chi connectivity index (χ1) is 14.8. The van der Waals surface area contributed by atoms with Gasteiger partial charge in [-0.3, -0.25) is 19.3 Å². The second-order valence-electron chi connectivity index (χ2n) is 7.76. The molecule has 0 saturated carbocycles. The molecule has 0 radical (unpaired) electrons. The van der Waals surface area contributed by atoms with E-state index in [0.29, 0.717) is 26.2 Å². The number of hydrogen-bond donors (Lipinski definition) is 0. The zero-order chi connectivity index (χ0) is 22.8. The van der Waals surface area contributed by atoms with Crippen LogP contribution in [0.25, 0.3) is 0 Å². The van der Waals surface area contributed by atoms with Crippen LogP contribution in [0.4, 0.5) is 0 Å². The van der Waals surface area contributed by atoms with Crippen LogP contribution in [-0.2, 0) is 35.1 Å². The third kappa shape index (κ3) is 8.57. The summed E-state index contributed by atoms with van der Waals surface area (Å²) in [6, 6.07) is 7.82. The van der Waals surface area contributed by atoms with Crippen molar-refractivity contribution in [1.82, 2.24) is 4.90 Å². The van der Waals surface area contributed by atoms with Crippen LogP contribution in [0.1, 0.15) is 52.5 Å². The maximum Gasteiger partial charge on any atom is 0.303 e. The molecule has 1 heterocycles. The number of rotatable bonds is 10. The Labute approximate surface area is 183 Å². The van der Waals surface area contributed by atoms with Crippen LogP contribution in [0.5, 0.6) is 5.75 Å². The summed E-state index contributed by atoms with van der Waals surface area (Å²) in [4.78, 5) is 36.8. The third-order valence-electron chi connectivity index (χ3n) is 4.89. The molecule has 1 aromatic carbocycles. The SMILES string of the molecule is CCCCCOc1ccc(CN2CC(OC(C)=O)C(OC(C)=O)C(OC(C)=O)C2)cc1. The predicted octanol–water partition coefficient (Wildman–Crippen LogP) is 2.87. The van der Waals surface area contributed by atoms with Crippen molar-refractivity contribution in [2.75, 3.05) is 19.7 Å². The third-order valence-corrected chi connectivity index (χ3v) is 4.89. The van der Waals surface area contributed by atoms with Crippen molar-refractivity contribution in [2.45, 2.75) is 71.8 Å². The van der Waals surface area contributed by atoms with Crippen molar-refractivity contribution < 1.29 is 33.3 Å². The molecule has 0 amide bonds. The number of benzene rings is 1. The van der Waals surface area contributed by atoms with Crippen molar-refractivity contribution >= 4 is 17.9 Å². The minimum Gasteiger partial charge on any atom is -0.494 e. The molecule has 1 aromatic rings. The number of unbranched alkanes of at least 4 members (excludes halogenated alkanes) is 2. The van der Waals surface area contributed by atoms with E-state index in [1.165, 1.54) is 20.8 Å². The average molecular weight is 436 g/mol. The van der Waals surface area contributed by atoms with Crippen LogP contribution in [0.2, 0.25) is 0 Å². The van der Waals surface area contributed by atoms with Crippen molar-refractivity contribution in [3.8, 4) is 5.75 Å². The van der Waals surface area contributed by atoms with Crippen molar-refractivity contribution in [3.05, 3.63) is 29.8 Å². The number of piperidine rings is 1. The maximum atomic E-state index is 11.6. The molecule has 1 aliphatic heterocycles. The number of likely N-dealkylation sites (tertiary alicyclic amines) is 1. The molecule has 8 nitrogen and oxygen atoms in total. The van der Waals surface area contributed by atoms with Gasteiger partial charge in [-0.05, 0) is 24.1 Å². The van der Waals surface area contributed by atoms with E-state index in [-0.39, 0.29) is 0 Å². The van der Waals surface area contributed by atoms with Gasteiger partial charge in [0.15, 0.2) is 18.3 Å². The van der Waals surface area contributed by atoms with E-state index >= 15 is 0 Å². The van der Waals surface area contributed by atoms with Gasteiger partial charge in [0.05, 0.1) is 6.61 Å². The number of nitrogens with zero attached hydrogens (tertiary/aromatic N) is 1. The quantitative estimate of drug-likeness (QED) is 0.315. The Balaban J connectivity index is 2.06. The minimum atomic E-state index is -0.847. The molecule has 172 valence electrons. The number of hydrogen-bond acceptors (Lipinski definition) is 8. The monoisotopic (exact) mass is 435 g/mol. The lowest BCUT2D eigenvalue weighted by molar-refractivity contribution is -0.195. The summed E-state index contributed by atoms with van der Waals surface area (Å²) in [7, 11) is 0. The minimum absolute atomic E-state index is 0.352. The number of carbonyl (C=O) groups excluding carboxylic acids is 3. The molecular weight excluding hydrogens is 402 g/mol. The summed E-state index contributed by atoms with van der Waals surface area (Å²) in [5.41, 5.74) is 1.04. The van der Waals surface area contributed by atoms with Gasteiger partial charge < -0.3 is 18.9 Å². The van der Waals surface area contributed by atoms with Crippen LogP contribution in [0, 0.1) is 0 Å². The molecule has 0 bridgehead atoms. The molecule has 2 rings (SSSR count). The molecule has 1 fully saturated rings. The zero-order valence-corrected chi connectivity index (χ0v) is 18.8. The Morgan fingerprint density at radius 1 is 0.871 bits per heavy atom. The summed E-state index contributed by atoms with van der Waals surface area (Å²) in [6.07, 6.45) is 1.01. The molecule has 2 atom stereocenters. The van der Waals surface area contributed by atoms with Gasteiger partial charge in [-0.2, -0.15) is 0 Å². The largest absolute Gasteiger partial charge is 0.494 e. The van der Waals surface area contributed by atoms with E-state index in [2.05, 4.69) is 6.92 Å². The van der Waals surface area contributed by atoms with Crippen molar-refractivity contribution in [2.24, 2.45) is 0 Å². The topological polar surface area (TPSA) is 91.4 Å². The van der Waals surface area contributed by atoms with Crippen LogP contribution < -0.4 is 4.74 Å². The maximum absolute atomic E-state index is 11.6. The molecular formula is C23H33NO7. The van der Waals surface area contributed by atoms with Crippen LogP contribution in [0.15, 0.2) is 24.3 Å². The normalized spacial score (nSPS) is 21.2. The van der Waals surface area contributed by atoms with Crippen LogP contribution in [-0.4, -0.2) is 60.8 Å². The Morgan fingerprint density at radius 3 is 1.90 bits per heavy atom. The van der Waals surface area contributed by atoms with Gasteiger partial charge in [-0.15, -0.1) is 0 Å². The standard InChI is InChI=1S/C23H33NO7/c1-5-6-7-12-28-20-10-8-19(9-11-20)13-24-14-21(29-16(2)25)23(31-18(4)27)22(15-24)30-17(3)26/h8-11,21-23H,5-7,12-15H2,1-4H3. The summed E-state index contributed by atoms with van der Waals surface area (Å²) < 4.78 is 21.9. The molecule has 31 heavy (non-hydrogen) atoms. The van der Waals surface area contributed by atoms with E-state index in [4.69, 9.17) is 18.9 Å². The Hall–Kier alpha value is -2.61. The Kier molecular flexibility index (Phi) is 9.78. The van der Waals surface area contributed by atoms with Crippen molar-refractivity contribution in [3.63, 3.8) is 0 Å². The molecule has 0 spiro atoms. The van der Waals surface area contributed by atoms with Gasteiger partial charge in [0.2, 0.25) is 0 Å². The van der Waals surface area contributed by atoms with Crippen molar-refractivity contribution in [1.29, 1.82) is 0 Å². The Morgan fingerprint density at radius 2 is 1.42 bits per heavy atom. The van der Waals surface area contributed by atoms with Gasteiger partial charge >= 0.3 is 17.9 Å².